The second-order valence-electron chi connectivity index (χ2n) is 6.98. The summed E-state index contributed by atoms with van der Waals surface area (Å²) in [7, 11) is 2.13. The van der Waals surface area contributed by atoms with Crippen LogP contribution in [-0.2, 0) is 11.3 Å². The Morgan fingerprint density at radius 1 is 1.50 bits per heavy atom. The zero-order valence-electron chi connectivity index (χ0n) is 14.5. The molecule has 2 amide bonds. The molecule has 6 nitrogen and oxygen atoms in total. The Labute approximate surface area is 144 Å². The highest BCUT2D eigenvalue weighted by Crippen LogP contribution is 2.18. The van der Waals surface area contributed by atoms with Crippen molar-refractivity contribution >= 4 is 6.03 Å². The Morgan fingerprint density at radius 3 is 3.17 bits per heavy atom. The predicted octanol–water partition coefficient (Wildman–Crippen LogP) is 1.72. The van der Waals surface area contributed by atoms with E-state index < -0.39 is 0 Å². The molecule has 132 valence electrons. The number of likely N-dealkylation sites (tertiary alicyclic amines) is 1. The van der Waals surface area contributed by atoms with Gasteiger partial charge in [-0.3, -0.25) is 4.98 Å². The lowest BCUT2D eigenvalue weighted by Gasteiger charge is -2.22. The summed E-state index contributed by atoms with van der Waals surface area (Å²) in [6.45, 7) is 5.06. The summed E-state index contributed by atoms with van der Waals surface area (Å²) in [6.07, 6.45) is 7.16. The van der Waals surface area contributed by atoms with E-state index in [0.29, 0.717) is 12.5 Å². The molecule has 0 aromatic carbocycles. The number of nitrogens with zero attached hydrogens (tertiary/aromatic N) is 3. The Hall–Kier alpha value is -1.66. The van der Waals surface area contributed by atoms with Crippen molar-refractivity contribution in [3.63, 3.8) is 0 Å². The fourth-order valence-corrected chi connectivity index (χ4v) is 3.59. The van der Waals surface area contributed by atoms with E-state index in [4.69, 9.17) is 4.74 Å². The van der Waals surface area contributed by atoms with Gasteiger partial charge in [0.15, 0.2) is 0 Å². The maximum absolute atomic E-state index is 12.3. The third-order valence-corrected chi connectivity index (χ3v) is 4.82. The quantitative estimate of drug-likeness (QED) is 0.862. The van der Waals surface area contributed by atoms with Crippen LogP contribution < -0.4 is 5.32 Å². The molecular formula is C18H28N4O2. The smallest absolute Gasteiger partial charge is 0.317 e. The van der Waals surface area contributed by atoms with Crippen molar-refractivity contribution in [2.75, 3.05) is 39.8 Å². The number of carbonyl (C=O) groups excluding carboxylic acids is 1. The van der Waals surface area contributed by atoms with Crippen LogP contribution in [0.4, 0.5) is 4.79 Å². The maximum Gasteiger partial charge on any atom is 0.317 e. The number of ether oxygens (including phenoxy) is 1. The van der Waals surface area contributed by atoms with Gasteiger partial charge in [-0.05, 0) is 43.9 Å². The fraction of sp³-hybridized carbons (Fsp3) is 0.667. The van der Waals surface area contributed by atoms with E-state index in [1.807, 2.05) is 17.2 Å². The third-order valence-electron chi connectivity index (χ3n) is 4.82. The van der Waals surface area contributed by atoms with Gasteiger partial charge in [0.2, 0.25) is 0 Å². The summed E-state index contributed by atoms with van der Waals surface area (Å²) in [4.78, 5) is 20.7. The van der Waals surface area contributed by atoms with E-state index in [9.17, 15) is 4.79 Å². The van der Waals surface area contributed by atoms with Crippen LogP contribution >= 0.6 is 0 Å². The third kappa shape index (κ3) is 4.92. The number of rotatable bonds is 6. The largest absolute Gasteiger partial charge is 0.376 e. The summed E-state index contributed by atoms with van der Waals surface area (Å²) >= 11 is 0. The number of urea groups is 1. The monoisotopic (exact) mass is 332 g/mol. The molecular weight excluding hydrogens is 304 g/mol. The van der Waals surface area contributed by atoms with Crippen LogP contribution in [0.1, 0.15) is 24.8 Å². The highest BCUT2D eigenvalue weighted by Gasteiger charge is 2.27. The average molecular weight is 332 g/mol. The lowest BCUT2D eigenvalue weighted by Crippen LogP contribution is -2.42. The van der Waals surface area contributed by atoms with Crippen LogP contribution in [-0.4, -0.2) is 66.8 Å². The Morgan fingerprint density at radius 2 is 2.42 bits per heavy atom. The first-order valence-corrected chi connectivity index (χ1v) is 8.92. The molecule has 0 unspecified atom stereocenters. The lowest BCUT2D eigenvalue weighted by atomic mass is 10.1. The normalized spacial score (nSPS) is 23.8. The molecule has 2 atom stereocenters. The zero-order valence-corrected chi connectivity index (χ0v) is 14.5. The van der Waals surface area contributed by atoms with Gasteiger partial charge < -0.3 is 19.9 Å². The molecule has 2 fully saturated rings. The van der Waals surface area contributed by atoms with Gasteiger partial charge in [-0.1, -0.05) is 6.07 Å². The van der Waals surface area contributed by atoms with Crippen molar-refractivity contribution in [2.45, 2.75) is 31.9 Å². The molecule has 0 aliphatic carbocycles. The topological polar surface area (TPSA) is 57.7 Å². The van der Waals surface area contributed by atoms with Gasteiger partial charge in [0.05, 0.1) is 6.10 Å². The zero-order chi connectivity index (χ0) is 16.8. The molecule has 0 saturated carbocycles. The highest BCUT2D eigenvalue weighted by molar-refractivity contribution is 5.74. The van der Waals surface area contributed by atoms with Gasteiger partial charge >= 0.3 is 6.03 Å². The molecule has 2 aliphatic rings. The van der Waals surface area contributed by atoms with Crippen molar-refractivity contribution in [3.8, 4) is 0 Å². The minimum absolute atomic E-state index is 0.0583. The molecule has 24 heavy (non-hydrogen) atoms. The van der Waals surface area contributed by atoms with Crippen molar-refractivity contribution in [1.82, 2.24) is 20.1 Å². The SMILES string of the molecule is CN(Cc1cccnc1)C[C@H]1CCN(C(=O)NC[C@H]2CCCO2)C1. The van der Waals surface area contributed by atoms with E-state index in [1.165, 1.54) is 5.56 Å². The van der Waals surface area contributed by atoms with E-state index in [2.05, 4.69) is 28.3 Å². The molecule has 1 aromatic rings. The van der Waals surface area contributed by atoms with Crippen LogP contribution in [0.3, 0.4) is 0 Å². The van der Waals surface area contributed by atoms with Gasteiger partial charge in [0.1, 0.15) is 0 Å². The van der Waals surface area contributed by atoms with Crippen molar-refractivity contribution in [2.24, 2.45) is 5.92 Å². The molecule has 0 bridgehead atoms. The standard InChI is InChI=1S/C18H28N4O2/c1-21(12-15-4-2-7-19-10-15)13-16-6-8-22(14-16)18(23)20-11-17-5-3-9-24-17/h2,4,7,10,16-17H,3,5-6,8-9,11-14H2,1H3,(H,20,23)/t16-,17-/m1/s1. The summed E-state index contributed by atoms with van der Waals surface area (Å²) in [5.74, 6) is 0.542. The Bertz CT molecular complexity index is 519. The molecule has 6 heteroatoms. The molecule has 3 rings (SSSR count). The van der Waals surface area contributed by atoms with E-state index in [0.717, 1.165) is 52.0 Å². The molecule has 3 heterocycles. The summed E-state index contributed by atoms with van der Waals surface area (Å²) in [6, 6.07) is 4.13. The molecule has 0 spiro atoms. The number of pyridine rings is 1. The number of nitrogens with one attached hydrogen (secondary N) is 1. The first-order valence-electron chi connectivity index (χ1n) is 8.92. The number of aromatic nitrogens is 1. The number of amides is 2. The first kappa shape index (κ1) is 17.2. The molecule has 1 aromatic heterocycles. The number of hydrogen-bond donors (Lipinski definition) is 1. The van der Waals surface area contributed by atoms with E-state index in [-0.39, 0.29) is 12.1 Å². The number of carbonyl (C=O) groups is 1. The Kier molecular flexibility index (Phi) is 6.04. The van der Waals surface area contributed by atoms with Crippen molar-refractivity contribution in [3.05, 3.63) is 30.1 Å². The second kappa shape index (κ2) is 8.44. The van der Waals surface area contributed by atoms with Crippen molar-refractivity contribution < 1.29 is 9.53 Å². The van der Waals surface area contributed by atoms with Crippen molar-refractivity contribution in [1.29, 1.82) is 0 Å². The molecule has 1 N–H and O–H groups in total. The minimum Gasteiger partial charge on any atom is -0.376 e. The van der Waals surface area contributed by atoms with Crippen LogP contribution in [0.2, 0.25) is 0 Å². The van der Waals surface area contributed by atoms with Crippen LogP contribution in [0.5, 0.6) is 0 Å². The van der Waals surface area contributed by atoms with Gasteiger partial charge in [-0.2, -0.15) is 0 Å². The van der Waals surface area contributed by atoms with Gasteiger partial charge in [0, 0.05) is 51.7 Å². The van der Waals surface area contributed by atoms with Gasteiger partial charge in [-0.15, -0.1) is 0 Å². The van der Waals surface area contributed by atoms with Gasteiger partial charge in [0.25, 0.3) is 0 Å². The van der Waals surface area contributed by atoms with E-state index in [1.54, 1.807) is 6.20 Å². The second-order valence-corrected chi connectivity index (χ2v) is 6.98. The molecule has 0 radical (unpaired) electrons. The Balaban J connectivity index is 1.37. The van der Waals surface area contributed by atoms with Crippen LogP contribution in [0.25, 0.3) is 0 Å². The van der Waals surface area contributed by atoms with E-state index >= 15 is 0 Å². The number of hydrogen-bond acceptors (Lipinski definition) is 4. The highest BCUT2D eigenvalue weighted by atomic mass is 16.5. The molecule has 2 saturated heterocycles. The van der Waals surface area contributed by atoms with Crippen LogP contribution in [0, 0.1) is 5.92 Å². The fourth-order valence-electron chi connectivity index (χ4n) is 3.59. The summed E-state index contributed by atoms with van der Waals surface area (Å²) < 4.78 is 5.55. The summed E-state index contributed by atoms with van der Waals surface area (Å²) in [5.41, 5.74) is 1.23. The van der Waals surface area contributed by atoms with Crippen LogP contribution in [0.15, 0.2) is 24.5 Å². The average Bonchev–Trinajstić information content (AvgIpc) is 3.25. The first-order chi connectivity index (χ1) is 11.7. The minimum atomic E-state index is 0.0583. The molecule has 2 aliphatic heterocycles. The van der Waals surface area contributed by atoms with Gasteiger partial charge in [-0.25, -0.2) is 4.79 Å². The maximum atomic E-state index is 12.3. The lowest BCUT2D eigenvalue weighted by molar-refractivity contribution is 0.109. The summed E-state index contributed by atoms with van der Waals surface area (Å²) in [5, 5.41) is 3.02. The predicted molar refractivity (Wildman–Crippen MR) is 92.6 cm³/mol.